The maximum Gasteiger partial charge on any atom is 0.326 e. The summed E-state index contributed by atoms with van der Waals surface area (Å²) in [4.78, 5) is 25.2. The van der Waals surface area contributed by atoms with E-state index in [9.17, 15) is 14.7 Å². The second kappa shape index (κ2) is 6.95. The lowest BCUT2D eigenvalue weighted by Gasteiger charge is -2.35. The van der Waals surface area contributed by atoms with Gasteiger partial charge >= 0.3 is 12.0 Å². The van der Waals surface area contributed by atoms with Crippen molar-refractivity contribution in [2.45, 2.75) is 59.4 Å². The van der Waals surface area contributed by atoms with Gasteiger partial charge in [-0.15, -0.1) is 0 Å². The van der Waals surface area contributed by atoms with E-state index >= 15 is 0 Å². The minimum atomic E-state index is -0.980. The first kappa shape index (κ1) is 16.8. The second-order valence-electron chi connectivity index (χ2n) is 6.81. The Morgan fingerprint density at radius 3 is 2.25 bits per heavy atom. The van der Waals surface area contributed by atoms with Crippen molar-refractivity contribution in [3.63, 3.8) is 0 Å². The maximum atomic E-state index is 12.2. The summed E-state index contributed by atoms with van der Waals surface area (Å²) >= 11 is 0. The van der Waals surface area contributed by atoms with Gasteiger partial charge in [0.15, 0.2) is 0 Å². The highest BCUT2D eigenvalue weighted by Crippen LogP contribution is 2.23. The van der Waals surface area contributed by atoms with Crippen molar-refractivity contribution in [3.8, 4) is 0 Å². The molecule has 0 aromatic heterocycles. The number of hydrogen-bond donors (Lipinski definition) is 2. The average molecular weight is 284 g/mol. The molecule has 1 unspecified atom stereocenters. The summed E-state index contributed by atoms with van der Waals surface area (Å²) in [6, 6.07) is -1.11. The number of carboxylic acid groups (broad SMARTS) is 1. The fraction of sp³-hybridized carbons (Fsp3) is 0.867. The number of amides is 2. The third kappa shape index (κ3) is 4.69. The van der Waals surface area contributed by atoms with Gasteiger partial charge < -0.3 is 15.3 Å². The van der Waals surface area contributed by atoms with E-state index in [1.807, 2.05) is 20.8 Å². The van der Waals surface area contributed by atoms with Crippen molar-refractivity contribution >= 4 is 12.0 Å². The average Bonchev–Trinajstić information content (AvgIpc) is 2.35. The fourth-order valence-electron chi connectivity index (χ4n) is 2.70. The van der Waals surface area contributed by atoms with Crippen LogP contribution in [-0.4, -0.2) is 41.1 Å². The molecule has 0 radical (unpaired) electrons. The summed E-state index contributed by atoms with van der Waals surface area (Å²) in [5, 5.41) is 11.9. The zero-order valence-corrected chi connectivity index (χ0v) is 13.1. The standard InChI is InChI=1S/C15H28N2O3/c1-5-6-11-7-9-17(10-8-11)14(20)16-12(13(18)19)15(2,3)4/h11-12H,5-10H2,1-4H3,(H,16,20)(H,18,19). The molecule has 1 fully saturated rings. The number of rotatable bonds is 4. The first-order valence-electron chi connectivity index (χ1n) is 7.54. The quantitative estimate of drug-likeness (QED) is 0.834. The minimum Gasteiger partial charge on any atom is -0.480 e. The molecule has 1 aliphatic heterocycles. The molecule has 1 atom stereocenters. The molecule has 20 heavy (non-hydrogen) atoms. The lowest BCUT2D eigenvalue weighted by Crippen LogP contribution is -2.54. The van der Waals surface area contributed by atoms with Crippen LogP contribution < -0.4 is 5.32 Å². The van der Waals surface area contributed by atoms with Crippen molar-refractivity contribution in [1.82, 2.24) is 10.2 Å². The van der Waals surface area contributed by atoms with Crippen molar-refractivity contribution in [1.29, 1.82) is 0 Å². The Hall–Kier alpha value is -1.26. The molecule has 116 valence electrons. The molecule has 0 spiro atoms. The van der Waals surface area contributed by atoms with Crippen LogP contribution in [0.15, 0.2) is 0 Å². The topological polar surface area (TPSA) is 69.6 Å². The van der Waals surface area contributed by atoms with Crippen molar-refractivity contribution in [2.75, 3.05) is 13.1 Å². The molecule has 0 aromatic rings. The number of carboxylic acids is 1. The predicted octanol–water partition coefficient (Wildman–Crippen LogP) is 2.71. The van der Waals surface area contributed by atoms with E-state index in [0.717, 1.165) is 25.9 Å². The van der Waals surface area contributed by atoms with E-state index in [2.05, 4.69) is 12.2 Å². The molecule has 0 bridgehead atoms. The molecular weight excluding hydrogens is 256 g/mol. The van der Waals surface area contributed by atoms with Crippen molar-refractivity contribution < 1.29 is 14.7 Å². The third-order valence-electron chi connectivity index (χ3n) is 3.98. The van der Waals surface area contributed by atoms with Crippen LogP contribution in [0.5, 0.6) is 0 Å². The van der Waals surface area contributed by atoms with E-state index in [-0.39, 0.29) is 6.03 Å². The van der Waals surface area contributed by atoms with Crippen molar-refractivity contribution in [2.24, 2.45) is 11.3 Å². The number of hydrogen-bond acceptors (Lipinski definition) is 2. The Kier molecular flexibility index (Phi) is 5.84. The van der Waals surface area contributed by atoms with Crippen LogP contribution in [0.2, 0.25) is 0 Å². The molecule has 2 N–H and O–H groups in total. The minimum absolute atomic E-state index is 0.248. The lowest BCUT2D eigenvalue weighted by atomic mass is 9.87. The molecule has 1 saturated heterocycles. The molecule has 1 rings (SSSR count). The molecule has 2 amide bonds. The Bertz CT molecular complexity index is 342. The largest absolute Gasteiger partial charge is 0.480 e. The second-order valence-corrected chi connectivity index (χ2v) is 6.81. The summed E-state index contributed by atoms with van der Waals surface area (Å²) in [6.07, 6.45) is 4.44. The van der Waals surface area contributed by atoms with Gasteiger partial charge in [0.25, 0.3) is 0 Å². The van der Waals surface area contributed by atoms with Crippen molar-refractivity contribution in [3.05, 3.63) is 0 Å². The highest BCUT2D eigenvalue weighted by Gasteiger charge is 2.34. The van der Waals surface area contributed by atoms with Crippen LogP contribution in [0.3, 0.4) is 0 Å². The van der Waals surface area contributed by atoms with Gasteiger partial charge in [-0.25, -0.2) is 9.59 Å². The van der Waals surface area contributed by atoms with Crippen LogP contribution in [0.1, 0.15) is 53.4 Å². The molecule has 0 aromatic carbocycles. The Balaban J connectivity index is 2.53. The van der Waals surface area contributed by atoms with Crippen LogP contribution in [0.25, 0.3) is 0 Å². The summed E-state index contributed by atoms with van der Waals surface area (Å²) in [5.74, 6) is -0.270. The summed E-state index contributed by atoms with van der Waals surface area (Å²) in [5.41, 5.74) is -0.498. The molecular formula is C15H28N2O3. The fourth-order valence-corrected chi connectivity index (χ4v) is 2.70. The lowest BCUT2D eigenvalue weighted by molar-refractivity contribution is -0.142. The monoisotopic (exact) mass is 284 g/mol. The Labute approximate surface area is 121 Å². The smallest absolute Gasteiger partial charge is 0.326 e. The molecule has 1 aliphatic rings. The normalized spacial score (nSPS) is 18.7. The number of nitrogens with zero attached hydrogens (tertiary/aromatic N) is 1. The van der Waals surface area contributed by atoms with Crippen LogP contribution in [-0.2, 0) is 4.79 Å². The van der Waals surface area contributed by atoms with Gasteiger partial charge in [0.1, 0.15) is 6.04 Å². The van der Waals surface area contributed by atoms with Gasteiger partial charge in [0.2, 0.25) is 0 Å². The Morgan fingerprint density at radius 1 is 1.30 bits per heavy atom. The molecule has 5 nitrogen and oxygen atoms in total. The van der Waals surface area contributed by atoms with Gasteiger partial charge in [-0.3, -0.25) is 0 Å². The zero-order valence-electron chi connectivity index (χ0n) is 13.1. The van der Waals surface area contributed by atoms with E-state index in [1.54, 1.807) is 4.90 Å². The van der Waals surface area contributed by atoms with Crippen LogP contribution >= 0.6 is 0 Å². The van der Waals surface area contributed by atoms with Gasteiger partial charge in [-0.1, -0.05) is 40.5 Å². The summed E-state index contributed by atoms with van der Waals surface area (Å²) in [7, 11) is 0. The number of piperidine rings is 1. The number of carbonyl (C=O) groups is 2. The molecule has 0 aliphatic carbocycles. The molecule has 1 heterocycles. The van der Waals surface area contributed by atoms with Gasteiger partial charge in [-0.2, -0.15) is 0 Å². The number of likely N-dealkylation sites (tertiary alicyclic amines) is 1. The zero-order chi connectivity index (χ0) is 15.3. The number of urea groups is 1. The van der Waals surface area contributed by atoms with E-state index in [1.165, 1.54) is 12.8 Å². The number of carbonyl (C=O) groups excluding carboxylic acids is 1. The van der Waals surface area contributed by atoms with Gasteiger partial charge in [-0.05, 0) is 24.2 Å². The maximum absolute atomic E-state index is 12.2. The SMILES string of the molecule is CCCC1CCN(C(=O)NC(C(=O)O)C(C)(C)C)CC1. The van der Waals surface area contributed by atoms with Gasteiger partial charge in [0.05, 0.1) is 0 Å². The first-order valence-corrected chi connectivity index (χ1v) is 7.54. The highest BCUT2D eigenvalue weighted by molar-refractivity contribution is 5.83. The van der Waals surface area contributed by atoms with Crippen LogP contribution in [0.4, 0.5) is 4.79 Å². The highest BCUT2D eigenvalue weighted by atomic mass is 16.4. The van der Waals surface area contributed by atoms with Gasteiger partial charge in [0, 0.05) is 13.1 Å². The summed E-state index contributed by atoms with van der Waals surface area (Å²) < 4.78 is 0. The Morgan fingerprint density at radius 2 is 1.85 bits per heavy atom. The number of aliphatic carboxylic acids is 1. The third-order valence-corrected chi connectivity index (χ3v) is 3.98. The summed E-state index contributed by atoms with van der Waals surface area (Å²) in [6.45, 7) is 9.10. The van der Waals surface area contributed by atoms with E-state index in [0.29, 0.717) is 5.92 Å². The number of nitrogens with one attached hydrogen (secondary N) is 1. The molecule has 0 saturated carbocycles. The molecule has 5 heteroatoms. The van der Waals surface area contributed by atoms with E-state index in [4.69, 9.17) is 0 Å². The van der Waals surface area contributed by atoms with Crippen LogP contribution in [0, 0.1) is 11.3 Å². The van der Waals surface area contributed by atoms with E-state index < -0.39 is 17.4 Å². The predicted molar refractivity (Wildman–Crippen MR) is 78.6 cm³/mol. The first-order chi connectivity index (χ1) is 9.25.